The number of pyridine rings is 1. The van der Waals surface area contributed by atoms with Gasteiger partial charge in [-0.1, -0.05) is 36.4 Å². The van der Waals surface area contributed by atoms with Crippen molar-refractivity contribution >= 4 is 28.3 Å². The van der Waals surface area contributed by atoms with Crippen LogP contribution in [0.2, 0.25) is 0 Å². The van der Waals surface area contributed by atoms with Crippen LogP contribution in [0.3, 0.4) is 0 Å². The van der Waals surface area contributed by atoms with Gasteiger partial charge in [-0.05, 0) is 72.3 Å². The number of benzene rings is 3. The first-order chi connectivity index (χ1) is 20.0. The Morgan fingerprint density at radius 1 is 0.878 bits per heavy atom. The summed E-state index contributed by atoms with van der Waals surface area (Å²) in [5.41, 5.74) is 3.41. The normalized spacial score (nSPS) is 14.6. The van der Waals surface area contributed by atoms with E-state index in [0.29, 0.717) is 22.3 Å². The Hall–Kier alpha value is -4.89. The summed E-state index contributed by atoms with van der Waals surface area (Å²) in [4.78, 5) is 40.7. The van der Waals surface area contributed by atoms with Crippen molar-refractivity contribution < 1.29 is 9.18 Å². The lowest BCUT2D eigenvalue weighted by molar-refractivity contribution is -0.118. The highest BCUT2D eigenvalue weighted by Gasteiger charge is 2.26. The molecule has 0 radical (unpaired) electrons. The number of fused-ring (bicyclic) bond motifs is 1. The Morgan fingerprint density at radius 2 is 1.66 bits per heavy atom. The lowest BCUT2D eigenvalue weighted by atomic mass is 10.0. The number of amides is 1. The first-order valence-electron chi connectivity index (χ1n) is 13.5. The van der Waals surface area contributed by atoms with E-state index in [0.717, 1.165) is 37.3 Å². The van der Waals surface area contributed by atoms with Crippen LogP contribution in [0.25, 0.3) is 22.0 Å². The highest BCUT2D eigenvalue weighted by molar-refractivity contribution is 5.95. The fourth-order valence-electron chi connectivity index (χ4n) is 5.17. The smallest absolute Gasteiger partial charge is 0.262 e. The molecule has 3 heterocycles. The molecule has 0 saturated carbocycles. The second kappa shape index (κ2) is 11.3. The number of hydrogen-bond acceptors (Lipinski definition) is 6. The van der Waals surface area contributed by atoms with Crippen LogP contribution >= 0.6 is 0 Å². The number of piperazine rings is 1. The molecule has 1 unspecified atom stereocenters. The minimum atomic E-state index is -1.16. The van der Waals surface area contributed by atoms with E-state index in [9.17, 15) is 14.0 Å². The average Bonchev–Trinajstić information content (AvgIpc) is 2.99. The van der Waals surface area contributed by atoms with E-state index in [1.165, 1.54) is 34.8 Å². The zero-order chi connectivity index (χ0) is 28.3. The van der Waals surface area contributed by atoms with Gasteiger partial charge in [-0.25, -0.2) is 14.4 Å². The predicted molar refractivity (Wildman–Crippen MR) is 159 cm³/mol. The zero-order valence-electron chi connectivity index (χ0n) is 22.6. The molecule has 0 spiro atoms. The number of aromatic nitrogens is 3. The molecule has 1 atom stereocenters. The minimum absolute atomic E-state index is 0.317. The molecule has 0 bridgehead atoms. The number of hydrogen-bond donors (Lipinski definition) is 1. The highest BCUT2D eigenvalue weighted by atomic mass is 19.1. The number of carbonyl (C=O) groups is 1. The molecule has 41 heavy (non-hydrogen) atoms. The second-order valence-corrected chi connectivity index (χ2v) is 10.2. The van der Waals surface area contributed by atoms with Crippen molar-refractivity contribution in [1.29, 1.82) is 0 Å². The van der Waals surface area contributed by atoms with Crippen LogP contribution in [0.5, 0.6) is 0 Å². The first-order valence-corrected chi connectivity index (χ1v) is 13.5. The molecule has 1 saturated heterocycles. The van der Waals surface area contributed by atoms with Gasteiger partial charge >= 0.3 is 0 Å². The predicted octanol–water partition coefficient (Wildman–Crippen LogP) is 4.58. The van der Waals surface area contributed by atoms with Crippen LogP contribution < -0.4 is 15.8 Å². The number of rotatable bonds is 6. The maximum absolute atomic E-state index is 14.2. The SMILES string of the molecule is CN1CCN(c2ccc(-c3ccc4ncn(C(C(=O)Nc5ccccn5)c5cccc(F)c5)c(=O)c4c3)cc2)CC1. The molecule has 1 aliphatic heterocycles. The van der Waals surface area contributed by atoms with Crippen LogP contribution in [-0.4, -0.2) is 58.6 Å². The van der Waals surface area contributed by atoms with Crippen molar-refractivity contribution in [3.8, 4) is 11.1 Å². The molecular weight excluding hydrogens is 519 g/mol. The molecule has 1 fully saturated rings. The topological polar surface area (TPSA) is 83.4 Å². The third-order valence-corrected chi connectivity index (χ3v) is 7.46. The second-order valence-electron chi connectivity index (χ2n) is 10.2. The number of carbonyl (C=O) groups excluding carboxylic acids is 1. The molecule has 206 valence electrons. The lowest BCUT2D eigenvalue weighted by Gasteiger charge is -2.34. The van der Waals surface area contributed by atoms with Gasteiger partial charge < -0.3 is 15.1 Å². The standard InChI is InChI=1S/C32H29FN6O2/c1-37-15-17-38(18-16-37)26-11-8-22(9-12-26)23-10-13-28-27(20-23)32(41)39(21-35-28)30(24-5-4-6-25(33)19-24)31(40)36-29-7-2-3-14-34-29/h2-14,19-21,30H,15-18H2,1H3,(H,34,36,40). The summed E-state index contributed by atoms with van der Waals surface area (Å²) in [5.74, 6) is -0.724. The zero-order valence-corrected chi connectivity index (χ0v) is 22.6. The van der Waals surface area contributed by atoms with Crippen LogP contribution in [0.15, 0.2) is 102 Å². The molecule has 6 rings (SSSR count). The van der Waals surface area contributed by atoms with Crippen molar-refractivity contribution in [2.75, 3.05) is 43.4 Å². The fourth-order valence-corrected chi connectivity index (χ4v) is 5.17. The maximum atomic E-state index is 14.2. The molecule has 9 heteroatoms. The Balaban J connectivity index is 1.37. The van der Waals surface area contributed by atoms with E-state index >= 15 is 0 Å². The Bertz CT molecular complexity index is 1750. The molecule has 1 amide bonds. The molecule has 8 nitrogen and oxygen atoms in total. The van der Waals surface area contributed by atoms with Gasteiger partial charge in [-0.15, -0.1) is 0 Å². The summed E-state index contributed by atoms with van der Waals surface area (Å²) in [6, 6.07) is 23.5. The van der Waals surface area contributed by atoms with Gasteiger partial charge in [0.05, 0.1) is 17.2 Å². The third-order valence-electron chi connectivity index (χ3n) is 7.46. The van der Waals surface area contributed by atoms with Gasteiger partial charge in [0, 0.05) is 38.1 Å². The summed E-state index contributed by atoms with van der Waals surface area (Å²) >= 11 is 0. The van der Waals surface area contributed by atoms with Crippen molar-refractivity contribution in [2.45, 2.75) is 6.04 Å². The summed E-state index contributed by atoms with van der Waals surface area (Å²) in [5, 5.41) is 3.10. The number of anilines is 2. The lowest BCUT2D eigenvalue weighted by Crippen LogP contribution is -2.44. The van der Waals surface area contributed by atoms with E-state index in [2.05, 4.69) is 56.4 Å². The Labute approximate surface area is 236 Å². The summed E-state index contributed by atoms with van der Waals surface area (Å²) < 4.78 is 15.5. The number of nitrogens with zero attached hydrogens (tertiary/aromatic N) is 5. The maximum Gasteiger partial charge on any atom is 0.262 e. The number of halogens is 1. The monoisotopic (exact) mass is 548 g/mol. The average molecular weight is 549 g/mol. The molecule has 1 aliphatic rings. The Morgan fingerprint density at radius 3 is 2.39 bits per heavy atom. The van der Waals surface area contributed by atoms with Gasteiger partial charge in [-0.2, -0.15) is 0 Å². The molecule has 2 aromatic heterocycles. The van der Waals surface area contributed by atoms with E-state index in [1.54, 1.807) is 42.6 Å². The van der Waals surface area contributed by atoms with Gasteiger partial charge in [0.2, 0.25) is 0 Å². The van der Waals surface area contributed by atoms with Crippen molar-refractivity contribution in [3.63, 3.8) is 0 Å². The minimum Gasteiger partial charge on any atom is -0.369 e. The summed E-state index contributed by atoms with van der Waals surface area (Å²) in [7, 11) is 2.14. The summed E-state index contributed by atoms with van der Waals surface area (Å²) in [6.07, 6.45) is 2.89. The Kier molecular flexibility index (Phi) is 7.26. The van der Waals surface area contributed by atoms with Crippen LogP contribution in [0, 0.1) is 5.82 Å². The van der Waals surface area contributed by atoms with Gasteiger partial charge in [0.1, 0.15) is 17.7 Å². The number of nitrogens with one attached hydrogen (secondary N) is 1. The van der Waals surface area contributed by atoms with Gasteiger partial charge in [-0.3, -0.25) is 14.2 Å². The molecule has 3 aromatic carbocycles. The van der Waals surface area contributed by atoms with Crippen molar-refractivity contribution in [1.82, 2.24) is 19.4 Å². The van der Waals surface area contributed by atoms with E-state index in [1.807, 2.05) is 6.07 Å². The van der Waals surface area contributed by atoms with Gasteiger partial charge in [0.25, 0.3) is 11.5 Å². The third kappa shape index (κ3) is 5.57. The molecule has 1 N–H and O–H groups in total. The highest BCUT2D eigenvalue weighted by Crippen LogP contribution is 2.27. The first kappa shape index (κ1) is 26.3. The summed E-state index contributed by atoms with van der Waals surface area (Å²) in [6.45, 7) is 4.03. The van der Waals surface area contributed by atoms with E-state index in [-0.39, 0.29) is 0 Å². The molecular formula is C32H29FN6O2. The van der Waals surface area contributed by atoms with Crippen LogP contribution in [0.4, 0.5) is 15.9 Å². The van der Waals surface area contributed by atoms with E-state index in [4.69, 9.17) is 0 Å². The molecule has 5 aromatic rings. The van der Waals surface area contributed by atoms with Crippen LogP contribution in [0.1, 0.15) is 11.6 Å². The quantitative estimate of drug-likeness (QED) is 0.335. The van der Waals surface area contributed by atoms with Crippen LogP contribution in [-0.2, 0) is 4.79 Å². The van der Waals surface area contributed by atoms with Crippen molar-refractivity contribution in [3.05, 3.63) is 119 Å². The largest absolute Gasteiger partial charge is 0.369 e. The van der Waals surface area contributed by atoms with E-state index < -0.39 is 23.3 Å². The van der Waals surface area contributed by atoms with Crippen molar-refractivity contribution in [2.24, 2.45) is 0 Å². The van der Waals surface area contributed by atoms with Gasteiger partial charge in [0.15, 0.2) is 0 Å². The fraction of sp³-hybridized carbons (Fsp3) is 0.188. The molecule has 0 aliphatic carbocycles. The number of likely N-dealkylation sites (N-methyl/N-ethyl adjacent to an activating group) is 1.